The zero-order valence-electron chi connectivity index (χ0n) is 13.5. The molecule has 4 nitrogen and oxygen atoms in total. The SMILES string of the molecule is CC(C)(C)c1ccc(O)c(CN(CCCO)CCCO)c1. The molecular formula is C17H29NO3. The minimum absolute atomic E-state index is 0.0451. The van der Waals surface area contributed by atoms with Crippen LogP contribution in [0.5, 0.6) is 5.75 Å². The molecule has 1 aromatic carbocycles. The Morgan fingerprint density at radius 1 is 1.00 bits per heavy atom. The molecule has 0 fully saturated rings. The molecule has 0 aliphatic rings. The fraction of sp³-hybridized carbons (Fsp3) is 0.647. The summed E-state index contributed by atoms with van der Waals surface area (Å²) in [7, 11) is 0. The highest BCUT2D eigenvalue weighted by atomic mass is 16.3. The van der Waals surface area contributed by atoms with Crippen LogP contribution in [0.3, 0.4) is 0 Å². The lowest BCUT2D eigenvalue weighted by Gasteiger charge is -2.24. The molecule has 120 valence electrons. The van der Waals surface area contributed by atoms with Crippen molar-refractivity contribution in [3.8, 4) is 5.75 Å². The third-order valence-electron chi connectivity index (χ3n) is 3.60. The van der Waals surface area contributed by atoms with Crippen LogP contribution in [-0.4, -0.2) is 46.5 Å². The van der Waals surface area contributed by atoms with Crippen LogP contribution >= 0.6 is 0 Å². The molecule has 0 atom stereocenters. The van der Waals surface area contributed by atoms with Gasteiger partial charge in [-0.15, -0.1) is 0 Å². The summed E-state index contributed by atoms with van der Waals surface area (Å²) >= 11 is 0. The van der Waals surface area contributed by atoms with E-state index in [0.717, 1.165) is 18.7 Å². The Labute approximate surface area is 128 Å². The second kappa shape index (κ2) is 8.37. The quantitative estimate of drug-likeness (QED) is 0.688. The number of benzene rings is 1. The van der Waals surface area contributed by atoms with Crippen molar-refractivity contribution in [3.63, 3.8) is 0 Å². The van der Waals surface area contributed by atoms with E-state index in [1.807, 2.05) is 6.07 Å². The Kier molecular flexibility index (Phi) is 7.15. The van der Waals surface area contributed by atoms with Gasteiger partial charge < -0.3 is 15.3 Å². The van der Waals surface area contributed by atoms with E-state index in [4.69, 9.17) is 10.2 Å². The largest absolute Gasteiger partial charge is 0.508 e. The van der Waals surface area contributed by atoms with Crippen LogP contribution in [0.2, 0.25) is 0 Å². The predicted molar refractivity (Wildman–Crippen MR) is 85.5 cm³/mol. The van der Waals surface area contributed by atoms with Crippen molar-refractivity contribution in [2.24, 2.45) is 0 Å². The van der Waals surface area contributed by atoms with Crippen molar-refractivity contribution < 1.29 is 15.3 Å². The van der Waals surface area contributed by atoms with Gasteiger partial charge in [-0.2, -0.15) is 0 Å². The first-order valence-corrected chi connectivity index (χ1v) is 7.65. The highest BCUT2D eigenvalue weighted by Gasteiger charge is 2.16. The Balaban J connectivity index is 2.85. The second-order valence-electron chi connectivity index (χ2n) is 6.52. The molecule has 0 saturated heterocycles. The van der Waals surface area contributed by atoms with Gasteiger partial charge in [0.15, 0.2) is 0 Å². The average molecular weight is 295 g/mol. The Bertz CT molecular complexity index is 419. The van der Waals surface area contributed by atoms with Gasteiger partial charge in [0, 0.05) is 38.4 Å². The summed E-state index contributed by atoms with van der Waals surface area (Å²) in [6.45, 7) is 8.92. The maximum Gasteiger partial charge on any atom is 0.120 e. The van der Waals surface area contributed by atoms with Crippen molar-refractivity contribution in [3.05, 3.63) is 29.3 Å². The van der Waals surface area contributed by atoms with E-state index in [2.05, 4.69) is 31.7 Å². The van der Waals surface area contributed by atoms with Gasteiger partial charge in [-0.25, -0.2) is 0 Å². The lowest BCUT2D eigenvalue weighted by molar-refractivity contribution is 0.195. The van der Waals surface area contributed by atoms with Crippen molar-refractivity contribution in [1.82, 2.24) is 4.90 Å². The van der Waals surface area contributed by atoms with E-state index in [1.165, 1.54) is 5.56 Å². The first-order valence-electron chi connectivity index (χ1n) is 7.65. The third kappa shape index (κ3) is 6.04. The minimum atomic E-state index is 0.0451. The highest BCUT2D eigenvalue weighted by molar-refractivity contribution is 5.38. The molecule has 0 aliphatic heterocycles. The van der Waals surface area contributed by atoms with Crippen LogP contribution in [0.1, 0.15) is 44.7 Å². The molecule has 1 aromatic rings. The van der Waals surface area contributed by atoms with Crippen LogP contribution in [0.4, 0.5) is 0 Å². The number of hydrogen-bond donors (Lipinski definition) is 3. The summed E-state index contributed by atoms with van der Waals surface area (Å²) in [6, 6.07) is 5.77. The third-order valence-corrected chi connectivity index (χ3v) is 3.60. The van der Waals surface area contributed by atoms with Gasteiger partial charge >= 0.3 is 0 Å². The van der Waals surface area contributed by atoms with Gasteiger partial charge in [-0.05, 0) is 29.9 Å². The van der Waals surface area contributed by atoms with Crippen LogP contribution in [-0.2, 0) is 12.0 Å². The summed E-state index contributed by atoms with van der Waals surface area (Å²) in [5, 5.41) is 28.0. The van der Waals surface area contributed by atoms with Gasteiger partial charge in [0.2, 0.25) is 0 Å². The molecule has 0 saturated carbocycles. The maximum absolute atomic E-state index is 10.1. The summed E-state index contributed by atoms with van der Waals surface area (Å²) in [4.78, 5) is 2.16. The summed E-state index contributed by atoms with van der Waals surface area (Å²) in [5.74, 6) is 0.306. The maximum atomic E-state index is 10.1. The number of aliphatic hydroxyl groups is 2. The van der Waals surface area contributed by atoms with Crippen LogP contribution in [0.15, 0.2) is 18.2 Å². The highest BCUT2D eigenvalue weighted by Crippen LogP contribution is 2.28. The van der Waals surface area contributed by atoms with E-state index in [0.29, 0.717) is 25.1 Å². The van der Waals surface area contributed by atoms with E-state index in [1.54, 1.807) is 6.07 Å². The Morgan fingerprint density at radius 2 is 1.57 bits per heavy atom. The normalized spacial score (nSPS) is 12.1. The number of aromatic hydroxyl groups is 1. The molecule has 0 bridgehead atoms. The van der Waals surface area contributed by atoms with E-state index in [9.17, 15) is 5.11 Å². The molecule has 0 radical (unpaired) electrons. The summed E-state index contributed by atoms with van der Waals surface area (Å²) < 4.78 is 0. The summed E-state index contributed by atoms with van der Waals surface area (Å²) in [6.07, 6.45) is 1.40. The molecule has 0 amide bonds. The lowest BCUT2D eigenvalue weighted by Crippen LogP contribution is -2.27. The van der Waals surface area contributed by atoms with Crippen molar-refractivity contribution >= 4 is 0 Å². The molecule has 4 heteroatoms. The first kappa shape index (κ1) is 18.0. The number of nitrogens with zero attached hydrogens (tertiary/aromatic N) is 1. The van der Waals surface area contributed by atoms with Crippen LogP contribution in [0.25, 0.3) is 0 Å². The van der Waals surface area contributed by atoms with Crippen LogP contribution in [0, 0.1) is 0 Å². The first-order chi connectivity index (χ1) is 9.88. The fourth-order valence-corrected chi connectivity index (χ4v) is 2.28. The Hall–Kier alpha value is -1.10. The van der Waals surface area contributed by atoms with Gasteiger partial charge in [0.05, 0.1) is 0 Å². The van der Waals surface area contributed by atoms with Gasteiger partial charge in [0.1, 0.15) is 5.75 Å². The number of aliphatic hydroxyl groups excluding tert-OH is 2. The minimum Gasteiger partial charge on any atom is -0.508 e. The van der Waals surface area contributed by atoms with Gasteiger partial charge in [-0.1, -0.05) is 32.9 Å². The van der Waals surface area contributed by atoms with Gasteiger partial charge in [0.25, 0.3) is 0 Å². The van der Waals surface area contributed by atoms with Gasteiger partial charge in [-0.3, -0.25) is 4.90 Å². The Morgan fingerprint density at radius 3 is 2.05 bits per heavy atom. The van der Waals surface area contributed by atoms with Crippen molar-refractivity contribution in [2.75, 3.05) is 26.3 Å². The fourth-order valence-electron chi connectivity index (χ4n) is 2.28. The van der Waals surface area contributed by atoms with Crippen molar-refractivity contribution in [2.45, 2.75) is 45.6 Å². The van der Waals surface area contributed by atoms with E-state index >= 15 is 0 Å². The molecule has 0 aliphatic carbocycles. The smallest absolute Gasteiger partial charge is 0.120 e. The lowest BCUT2D eigenvalue weighted by atomic mass is 9.86. The van der Waals surface area contributed by atoms with E-state index < -0.39 is 0 Å². The number of rotatable bonds is 8. The molecule has 3 N–H and O–H groups in total. The standard InChI is InChI=1S/C17H29NO3/c1-17(2,3)15-6-7-16(21)14(12-15)13-18(8-4-10-19)9-5-11-20/h6-7,12,19-21H,4-5,8-11,13H2,1-3H3. The summed E-state index contributed by atoms with van der Waals surface area (Å²) in [5.41, 5.74) is 2.14. The zero-order valence-corrected chi connectivity index (χ0v) is 13.5. The topological polar surface area (TPSA) is 63.9 Å². The molecule has 0 heterocycles. The van der Waals surface area contributed by atoms with Crippen LogP contribution < -0.4 is 0 Å². The zero-order chi connectivity index (χ0) is 15.9. The monoisotopic (exact) mass is 295 g/mol. The molecule has 0 spiro atoms. The second-order valence-corrected chi connectivity index (χ2v) is 6.52. The molecular weight excluding hydrogens is 266 g/mol. The molecule has 1 rings (SSSR count). The van der Waals surface area contributed by atoms with E-state index in [-0.39, 0.29) is 18.6 Å². The molecule has 21 heavy (non-hydrogen) atoms. The van der Waals surface area contributed by atoms with Crippen molar-refractivity contribution in [1.29, 1.82) is 0 Å². The predicted octanol–water partition coefficient (Wildman–Crippen LogP) is 2.26. The molecule has 0 unspecified atom stereocenters. The number of hydrogen-bond acceptors (Lipinski definition) is 4. The average Bonchev–Trinajstić information content (AvgIpc) is 2.42. The number of phenols is 1. The molecule has 0 aromatic heterocycles. The number of phenolic OH excluding ortho intramolecular Hbond substituents is 1.